The van der Waals surface area contributed by atoms with Crippen molar-refractivity contribution in [1.82, 2.24) is 13.7 Å². The summed E-state index contributed by atoms with van der Waals surface area (Å²) in [5.41, 5.74) is -2.40. The second-order valence-electron chi connectivity index (χ2n) is 12.3. The molecule has 0 aliphatic carbocycles. The molecule has 27 heteroatoms. The summed E-state index contributed by atoms with van der Waals surface area (Å²) in [5.74, 6) is 0. The van der Waals surface area contributed by atoms with Crippen LogP contribution in [0.5, 0.6) is 0 Å². The lowest BCUT2D eigenvalue weighted by atomic mass is 10.4. The molecule has 48 heavy (non-hydrogen) atoms. The second kappa shape index (κ2) is 19.3. The van der Waals surface area contributed by atoms with Crippen LogP contribution in [0.25, 0.3) is 0 Å². The van der Waals surface area contributed by atoms with E-state index < -0.39 is 122 Å². The zero-order valence-corrected chi connectivity index (χ0v) is 41.0. The van der Waals surface area contributed by atoms with Crippen LogP contribution in [-0.4, -0.2) is 112 Å². The van der Waals surface area contributed by atoms with Crippen LogP contribution < -0.4 is 17.1 Å². The highest BCUT2D eigenvalue weighted by molar-refractivity contribution is 6.81. The van der Waals surface area contributed by atoms with E-state index in [1.807, 2.05) is 65.5 Å². The van der Waals surface area contributed by atoms with Gasteiger partial charge in [0.1, 0.15) is 6.67 Å². The van der Waals surface area contributed by atoms with E-state index in [1.165, 1.54) is 0 Å². The van der Waals surface area contributed by atoms with Gasteiger partial charge < -0.3 is 41.2 Å². The molecular formula is C21H54FN3O13Si10. The van der Waals surface area contributed by atoms with E-state index in [2.05, 4.69) is 0 Å². The van der Waals surface area contributed by atoms with Gasteiger partial charge in [0, 0.05) is 13.1 Å². The molecular weight excluding hydrogens is 802 g/mol. The van der Waals surface area contributed by atoms with E-state index in [0.29, 0.717) is 24.9 Å². The largest absolute Gasteiger partial charge is 0.420 e. The lowest BCUT2D eigenvalue weighted by Crippen LogP contribution is -2.55. The SMILES string of the molecule is C[SiH]1O[SiH](C)O[SiH](C)O[Si](C)(CCCn2c(=O)n(CCF)c(=O)n(CCC[Si]3(C)O[SiH](C)O[SiH](C)O[SiH](C)O[SiH](C)O3)c2=O)O[SiH](C)O1. The van der Waals surface area contributed by atoms with Crippen molar-refractivity contribution in [2.45, 2.75) is 110 Å². The number of alkyl halides is 1. The highest BCUT2D eigenvalue weighted by Crippen LogP contribution is 2.23. The summed E-state index contributed by atoms with van der Waals surface area (Å²) in [6.45, 7) is 18.2. The Kier molecular flexibility index (Phi) is 17.1. The number of hydrogen-bond donors (Lipinski definition) is 0. The standard InChI is InChI=1S/C21H54FN3O13Si10/c1-39-29-40(2)32-44(6)36-47(9,35-43(5)31-39)17-11-14-23-19(26)24(21(28)25(16-13-22)20(23)27)15-12-18-48(10)37-45(7)33-41(3)30-42(4)34-46(8)38-48/h39-46H,11-18H2,1-10H3. The van der Waals surface area contributed by atoms with Gasteiger partial charge >= 0.3 is 34.2 Å². The monoisotopic (exact) mass is 855 g/mol. The van der Waals surface area contributed by atoms with Crippen molar-refractivity contribution in [2.24, 2.45) is 0 Å². The molecule has 1 aromatic rings. The van der Waals surface area contributed by atoms with E-state index in [4.69, 9.17) is 41.2 Å². The Bertz CT molecular complexity index is 1240. The molecule has 8 unspecified atom stereocenters. The maximum Gasteiger partial charge on any atom is 0.336 e. The third kappa shape index (κ3) is 13.0. The first-order valence-electron chi connectivity index (χ1n) is 16.6. The maximum absolute atomic E-state index is 13.7. The summed E-state index contributed by atoms with van der Waals surface area (Å²) >= 11 is 0. The molecule has 8 atom stereocenters. The molecule has 0 N–H and O–H groups in total. The highest BCUT2D eigenvalue weighted by atomic mass is 28.5. The Balaban J connectivity index is 1.79. The van der Waals surface area contributed by atoms with E-state index in [-0.39, 0.29) is 13.1 Å². The number of hydrogen-bond acceptors (Lipinski definition) is 13. The smallest absolute Gasteiger partial charge is 0.336 e. The molecule has 0 bridgehead atoms. The highest BCUT2D eigenvalue weighted by Gasteiger charge is 2.40. The van der Waals surface area contributed by atoms with Crippen LogP contribution in [0, 0.1) is 0 Å². The molecule has 3 heterocycles. The average Bonchev–Trinajstić information content (AvgIpc) is 2.92. The van der Waals surface area contributed by atoms with Gasteiger partial charge in [-0.15, -0.1) is 0 Å². The molecule has 0 radical (unpaired) electrons. The van der Waals surface area contributed by atoms with Crippen LogP contribution >= 0.6 is 0 Å². The zero-order valence-electron chi connectivity index (χ0n) is 29.8. The van der Waals surface area contributed by atoms with Crippen molar-refractivity contribution in [2.75, 3.05) is 6.67 Å². The molecule has 278 valence electrons. The van der Waals surface area contributed by atoms with Gasteiger partial charge in [-0.05, 0) is 90.4 Å². The van der Waals surface area contributed by atoms with Gasteiger partial charge in [-0.25, -0.2) is 32.5 Å². The van der Waals surface area contributed by atoms with E-state index >= 15 is 0 Å². The molecule has 2 aliphatic rings. The average molecular weight is 857 g/mol. The Morgan fingerprint density at radius 3 is 1.00 bits per heavy atom. The van der Waals surface area contributed by atoms with Crippen LogP contribution in [0.15, 0.2) is 14.4 Å². The number of rotatable bonds is 10. The third-order valence-corrected chi connectivity index (χ3v) is 41.9. The molecule has 16 nitrogen and oxygen atoms in total. The molecule has 0 saturated carbocycles. The normalized spacial score (nSPS) is 36.1. The summed E-state index contributed by atoms with van der Waals surface area (Å²) in [7, 11) is -21.5. The van der Waals surface area contributed by atoms with Crippen molar-refractivity contribution in [3.05, 3.63) is 31.5 Å². The van der Waals surface area contributed by atoms with Gasteiger partial charge in [-0.2, -0.15) is 0 Å². The number of nitrogens with zero attached hydrogens (tertiary/aromatic N) is 3. The molecule has 0 amide bonds. The van der Waals surface area contributed by atoms with Crippen molar-refractivity contribution in [3.8, 4) is 0 Å². The van der Waals surface area contributed by atoms with Crippen LogP contribution in [0.4, 0.5) is 4.39 Å². The third-order valence-electron chi connectivity index (χ3n) is 7.68. The fraction of sp³-hybridized carbons (Fsp3) is 0.857. The van der Waals surface area contributed by atoms with Crippen LogP contribution in [0.3, 0.4) is 0 Å². The first-order valence-corrected chi connectivity index (χ1v) is 38.4. The lowest BCUT2D eigenvalue weighted by molar-refractivity contribution is 0.275. The Labute approximate surface area is 297 Å². The van der Waals surface area contributed by atoms with Crippen molar-refractivity contribution < 1.29 is 45.5 Å². The van der Waals surface area contributed by atoms with Crippen molar-refractivity contribution in [1.29, 1.82) is 0 Å². The van der Waals surface area contributed by atoms with Crippen LogP contribution in [0.2, 0.25) is 77.6 Å². The van der Waals surface area contributed by atoms with Crippen LogP contribution in [0.1, 0.15) is 12.8 Å². The van der Waals surface area contributed by atoms with Gasteiger partial charge in [-0.1, -0.05) is 0 Å². The summed E-state index contributed by atoms with van der Waals surface area (Å²) < 4.78 is 78.3. The molecule has 2 saturated heterocycles. The van der Waals surface area contributed by atoms with Crippen molar-refractivity contribution >= 4 is 91.4 Å². The van der Waals surface area contributed by atoms with Gasteiger partial charge in [0.2, 0.25) is 0 Å². The van der Waals surface area contributed by atoms with E-state index in [0.717, 1.165) is 13.7 Å². The first-order chi connectivity index (χ1) is 22.4. The number of halogens is 1. The Hall–Kier alpha value is 0.109. The summed E-state index contributed by atoms with van der Waals surface area (Å²) in [6, 6.07) is 0.937. The minimum absolute atomic E-state index is 0.0123. The molecule has 3 rings (SSSR count). The predicted octanol–water partition coefficient (Wildman–Crippen LogP) is -0.939. The van der Waals surface area contributed by atoms with Gasteiger partial charge in [0.15, 0.2) is 0 Å². The topological polar surface area (TPSA) is 158 Å². The van der Waals surface area contributed by atoms with Gasteiger partial charge in [0.05, 0.1) is 6.54 Å². The Morgan fingerprint density at radius 2 is 0.729 bits per heavy atom. The molecule has 2 fully saturated rings. The zero-order chi connectivity index (χ0) is 35.8. The summed E-state index contributed by atoms with van der Waals surface area (Å²) in [6.07, 6.45) is 0.741. The minimum atomic E-state index is -2.81. The van der Waals surface area contributed by atoms with Gasteiger partial charge in [0.25, 0.3) is 74.3 Å². The molecule has 0 spiro atoms. The summed E-state index contributed by atoms with van der Waals surface area (Å²) in [4.78, 5) is 40.3. The van der Waals surface area contributed by atoms with Gasteiger partial charge in [-0.3, -0.25) is 0 Å². The second-order valence-corrected chi connectivity index (χ2v) is 37.2. The quantitative estimate of drug-likeness (QED) is 0.266. The first kappa shape index (κ1) is 42.5. The Morgan fingerprint density at radius 1 is 0.479 bits per heavy atom. The molecule has 1 aromatic heterocycles. The fourth-order valence-electron chi connectivity index (χ4n) is 6.01. The summed E-state index contributed by atoms with van der Waals surface area (Å²) in [5, 5.41) is 0. The maximum atomic E-state index is 13.7. The minimum Gasteiger partial charge on any atom is -0.420 e. The van der Waals surface area contributed by atoms with Crippen molar-refractivity contribution in [3.63, 3.8) is 0 Å². The fourth-order valence-corrected chi connectivity index (χ4v) is 41.4. The predicted molar refractivity (Wildman–Crippen MR) is 202 cm³/mol. The van der Waals surface area contributed by atoms with Crippen LogP contribution in [-0.2, 0) is 60.8 Å². The molecule has 2 aliphatic heterocycles. The lowest BCUT2D eigenvalue weighted by Gasteiger charge is -2.36. The van der Waals surface area contributed by atoms with E-state index in [9.17, 15) is 18.8 Å². The number of aromatic nitrogens is 3. The molecule has 0 aromatic carbocycles. The van der Waals surface area contributed by atoms with E-state index in [1.54, 1.807) is 0 Å².